The first-order valence-electron chi connectivity index (χ1n) is 13.7. The Kier molecular flexibility index (Phi) is 7.00. The molecule has 4 aliphatic rings. The quantitative estimate of drug-likeness (QED) is 0.308. The van der Waals surface area contributed by atoms with Gasteiger partial charge >= 0.3 is 5.97 Å². The van der Waals surface area contributed by atoms with Gasteiger partial charge in [-0.15, -0.1) is 0 Å². The number of carbonyl (C=O) groups excluding carboxylic acids is 1. The summed E-state index contributed by atoms with van der Waals surface area (Å²) in [6.07, 6.45) is 19.5. The molecular formula is C30H48O2. The zero-order valence-corrected chi connectivity index (χ0v) is 21.7. The SMILES string of the molecule is CCC(=O)O[C@H]1CC[C@@]2(C)C(=CC[C@@H]3C2CC[C@]2(C)[C@@H]([C@H](C)/C=C\CC(C)C)CC[C@@H]32)C1. The average molecular weight is 441 g/mol. The maximum Gasteiger partial charge on any atom is 0.305 e. The van der Waals surface area contributed by atoms with Gasteiger partial charge in [0.25, 0.3) is 0 Å². The highest BCUT2D eigenvalue weighted by Crippen LogP contribution is 2.67. The molecule has 4 aliphatic carbocycles. The number of ether oxygens (including phenoxy) is 1. The molecule has 8 atom stereocenters. The van der Waals surface area contributed by atoms with Gasteiger partial charge in [0.1, 0.15) is 6.10 Å². The van der Waals surface area contributed by atoms with Gasteiger partial charge in [-0.05, 0) is 97.7 Å². The fourth-order valence-electron chi connectivity index (χ4n) is 8.60. The van der Waals surface area contributed by atoms with Gasteiger partial charge < -0.3 is 4.74 Å². The molecule has 3 saturated carbocycles. The van der Waals surface area contributed by atoms with Gasteiger partial charge in [0, 0.05) is 12.8 Å². The van der Waals surface area contributed by atoms with Crippen LogP contribution in [0.3, 0.4) is 0 Å². The summed E-state index contributed by atoms with van der Waals surface area (Å²) in [4.78, 5) is 11.8. The van der Waals surface area contributed by atoms with Crippen LogP contribution in [0.4, 0.5) is 0 Å². The molecule has 0 bridgehead atoms. The van der Waals surface area contributed by atoms with Crippen molar-refractivity contribution in [3.63, 3.8) is 0 Å². The van der Waals surface area contributed by atoms with Crippen molar-refractivity contribution < 1.29 is 9.53 Å². The minimum absolute atomic E-state index is 0.0325. The smallest absolute Gasteiger partial charge is 0.305 e. The molecular weight excluding hydrogens is 392 g/mol. The van der Waals surface area contributed by atoms with Crippen molar-refractivity contribution in [2.75, 3.05) is 0 Å². The molecule has 0 amide bonds. The van der Waals surface area contributed by atoms with Gasteiger partial charge in [-0.25, -0.2) is 0 Å². The van der Waals surface area contributed by atoms with Crippen LogP contribution in [0.1, 0.15) is 106 Å². The average Bonchev–Trinajstić information content (AvgIpc) is 3.11. The van der Waals surface area contributed by atoms with E-state index in [1.54, 1.807) is 5.57 Å². The number of rotatable bonds is 6. The molecule has 1 unspecified atom stereocenters. The van der Waals surface area contributed by atoms with Crippen LogP contribution >= 0.6 is 0 Å². The first-order valence-corrected chi connectivity index (χ1v) is 13.7. The molecule has 0 aromatic heterocycles. The van der Waals surface area contributed by atoms with E-state index >= 15 is 0 Å². The van der Waals surface area contributed by atoms with Crippen LogP contribution in [-0.2, 0) is 9.53 Å². The molecule has 2 nitrogen and oxygen atoms in total. The van der Waals surface area contributed by atoms with E-state index in [1.165, 1.54) is 44.9 Å². The van der Waals surface area contributed by atoms with Crippen molar-refractivity contribution in [3.05, 3.63) is 23.8 Å². The summed E-state index contributed by atoms with van der Waals surface area (Å²) < 4.78 is 5.76. The first-order chi connectivity index (χ1) is 15.2. The third-order valence-electron chi connectivity index (χ3n) is 10.4. The second kappa shape index (κ2) is 9.30. The highest BCUT2D eigenvalue weighted by Gasteiger charge is 2.59. The monoisotopic (exact) mass is 440 g/mol. The molecule has 180 valence electrons. The molecule has 0 aliphatic heterocycles. The number of allylic oxidation sites excluding steroid dienone is 3. The molecule has 0 N–H and O–H groups in total. The van der Waals surface area contributed by atoms with Crippen molar-refractivity contribution in [2.45, 2.75) is 112 Å². The first kappa shape index (κ1) is 24.1. The third-order valence-corrected chi connectivity index (χ3v) is 10.4. The predicted octanol–water partition coefficient (Wildman–Crippen LogP) is 8.13. The van der Waals surface area contributed by atoms with Gasteiger partial charge in [-0.3, -0.25) is 4.79 Å². The summed E-state index contributed by atoms with van der Waals surface area (Å²) >= 11 is 0. The Hall–Kier alpha value is -1.05. The maximum absolute atomic E-state index is 11.8. The van der Waals surface area contributed by atoms with Gasteiger partial charge in [0.05, 0.1) is 0 Å². The molecule has 0 aromatic carbocycles. The molecule has 32 heavy (non-hydrogen) atoms. The van der Waals surface area contributed by atoms with Crippen LogP contribution < -0.4 is 0 Å². The molecule has 0 saturated heterocycles. The van der Waals surface area contributed by atoms with Crippen molar-refractivity contribution in [1.29, 1.82) is 0 Å². The standard InChI is InChI=1S/C30H48O2/c1-7-28(31)32-23-15-17-29(5)22(19-23)11-12-24-26-14-13-25(21(4)10-8-9-20(2)3)30(26,6)18-16-27(24)29/h8,10-11,20-21,23-27H,7,9,12-19H2,1-6H3/b10-8-/t21-,23+,24+,25-,26+,27?,29+,30-/m1/s1. The summed E-state index contributed by atoms with van der Waals surface area (Å²) in [5.74, 6) is 4.84. The predicted molar refractivity (Wildman–Crippen MR) is 133 cm³/mol. The lowest BCUT2D eigenvalue weighted by Gasteiger charge is -2.58. The number of fused-ring (bicyclic) bond motifs is 5. The van der Waals surface area contributed by atoms with E-state index in [-0.39, 0.29) is 12.1 Å². The Morgan fingerprint density at radius 1 is 1.12 bits per heavy atom. The summed E-state index contributed by atoms with van der Waals surface area (Å²) in [6, 6.07) is 0. The van der Waals surface area contributed by atoms with Crippen LogP contribution in [0.25, 0.3) is 0 Å². The third kappa shape index (κ3) is 4.25. The number of hydrogen-bond donors (Lipinski definition) is 0. The minimum Gasteiger partial charge on any atom is -0.462 e. The number of carbonyl (C=O) groups is 1. The molecule has 0 radical (unpaired) electrons. The highest BCUT2D eigenvalue weighted by molar-refractivity contribution is 5.69. The van der Waals surface area contributed by atoms with E-state index in [4.69, 9.17) is 4.74 Å². The normalized spacial score (nSPS) is 42.2. The molecule has 0 spiro atoms. The summed E-state index contributed by atoms with van der Waals surface area (Å²) in [5.41, 5.74) is 2.46. The Bertz CT molecular complexity index is 748. The molecule has 0 aromatic rings. The van der Waals surface area contributed by atoms with Gasteiger partial charge in [-0.1, -0.05) is 65.3 Å². The van der Waals surface area contributed by atoms with Crippen LogP contribution in [0, 0.1) is 46.3 Å². The Morgan fingerprint density at radius 2 is 1.91 bits per heavy atom. The topological polar surface area (TPSA) is 26.3 Å². The fourth-order valence-corrected chi connectivity index (χ4v) is 8.60. The molecule has 0 heterocycles. The van der Waals surface area contributed by atoms with Crippen LogP contribution in [-0.4, -0.2) is 12.1 Å². The summed E-state index contributed by atoms with van der Waals surface area (Å²) in [7, 11) is 0. The lowest BCUT2D eigenvalue weighted by molar-refractivity contribution is -0.151. The van der Waals surface area contributed by atoms with Crippen molar-refractivity contribution in [1.82, 2.24) is 0 Å². The van der Waals surface area contributed by atoms with Crippen molar-refractivity contribution in [3.8, 4) is 0 Å². The molecule has 3 fully saturated rings. The molecule has 4 rings (SSSR count). The zero-order valence-electron chi connectivity index (χ0n) is 21.7. The Labute approximate surface area is 197 Å². The number of hydrogen-bond acceptors (Lipinski definition) is 2. The minimum atomic E-state index is -0.0325. The van der Waals surface area contributed by atoms with Gasteiger partial charge in [-0.2, -0.15) is 0 Å². The van der Waals surface area contributed by atoms with E-state index < -0.39 is 0 Å². The lowest BCUT2D eigenvalue weighted by Crippen LogP contribution is -2.51. The van der Waals surface area contributed by atoms with Crippen LogP contribution in [0.15, 0.2) is 23.8 Å². The van der Waals surface area contributed by atoms with Gasteiger partial charge in [0.15, 0.2) is 0 Å². The largest absolute Gasteiger partial charge is 0.462 e. The second-order valence-corrected chi connectivity index (χ2v) is 12.6. The highest BCUT2D eigenvalue weighted by atomic mass is 16.5. The van der Waals surface area contributed by atoms with E-state index in [1.807, 2.05) is 6.92 Å². The fraction of sp³-hybridized carbons (Fsp3) is 0.833. The second-order valence-electron chi connectivity index (χ2n) is 12.6. The molecule has 2 heteroatoms. The van der Waals surface area contributed by atoms with Crippen LogP contribution in [0.5, 0.6) is 0 Å². The summed E-state index contributed by atoms with van der Waals surface area (Å²) in [6.45, 7) is 14.2. The van der Waals surface area contributed by atoms with Crippen LogP contribution in [0.2, 0.25) is 0 Å². The Morgan fingerprint density at radius 3 is 2.62 bits per heavy atom. The van der Waals surface area contributed by atoms with Crippen molar-refractivity contribution >= 4 is 5.97 Å². The zero-order chi connectivity index (χ0) is 23.1. The lowest BCUT2D eigenvalue weighted by atomic mass is 9.47. The van der Waals surface area contributed by atoms with Gasteiger partial charge in [0.2, 0.25) is 0 Å². The maximum atomic E-state index is 11.8. The van der Waals surface area contributed by atoms with E-state index in [2.05, 4.69) is 52.8 Å². The number of esters is 1. The van der Waals surface area contributed by atoms with E-state index in [9.17, 15) is 4.79 Å². The van der Waals surface area contributed by atoms with E-state index in [0.717, 1.165) is 42.4 Å². The summed E-state index contributed by atoms with van der Waals surface area (Å²) in [5, 5.41) is 0. The van der Waals surface area contributed by atoms with Crippen molar-refractivity contribution in [2.24, 2.45) is 46.3 Å². The Balaban J connectivity index is 1.48. The van der Waals surface area contributed by atoms with E-state index in [0.29, 0.717) is 23.2 Å².